The van der Waals surface area contributed by atoms with Crippen molar-refractivity contribution in [3.8, 4) is 0 Å². The first-order chi connectivity index (χ1) is 10.2. The maximum Gasteiger partial charge on any atom is 0.318 e. The largest absolute Gasteiger partial charge is 0.333 e. The minimum absolute atomic E-state index is 0.168. The molecule has 1 atom stereocenters. The fourth-order valence-corrected chi connectivity index (χ4v) is 6.25. The fraction of sp³-hybridized carbons (Fsp3) is 0.944. The molecule has 3 nitrogen and oxygen atoms in total. The summed E-state index contributed by atoms with van der Waals surface area (Å²) in [5, 5.41) is 3.55. The van der Waals surface area contributed by atoms with Gasteiger partial charge in [0.05, 0.1) is 0 Å². The quantitative estimate of drug-likeness (QED) is 0.821. The van der Waals surface area contributed by atoms with Gasteiger partial charge in [-0.2, -0.15) is 0 Å². The Balaban J connectivity index is 1.46. The van der Waals surface area contributed by atoms with Gasteiger partial charge in [-0.25, -0.2) is 4.79 Å². The number of nitrogens with one attached hydrogen (secondary N) is 1. The van der Waals surface area contributed by atoms with Crippen molar-refractivity contribution in [3.05, 3.63) is 0 Å². The van der Waals surface area contributed by atoms with E-state index in [1.54, 1.807) is 0 Å². The Kier molecular flexibility index (Phi) is 3.42. The fourth-order valence-electron chi connectivity index (χ4n) is 6.25. The van der Waals surface area contributed by atoms with Crippen LogP contribution in [0.1, 0.15) is 71.1 Å². The van der Waals surface area contributed by atoms with Crippen LogP contribution in [-0.4, -0.2) is 29.1 Å². The summed E-state index contributed by atoms with van der Waals surface area (Å²) in [6, 6.07) is 0.733. The van der Waals surface area contributed by atoms with Crippen LogP contribution in [0.4, 0.5) is 4.79 Å². The highest BCUT2D eigenvalue weighted by molar-refractivity contribution is 5.75. The predicted octanol–water partition coefficient (Wildman–Crippen LogP) is 3.93. The minimum Gasteiger partial charge on any atom is -0.333 e. The molecule has 0 aromatic carbocycles. The molecular weight excluding hydrogens is 260 g/mol. The first kappa shape index (κ1) is 13.9. The van der Waals surface area contributed by atoms with Crippen molar-refractivity contribution >= 4 is 6.03 Å². The molecule has 0 aromatic heterocycles. The molecule has 1 saturated heterocycles. The third-order valence-corrected chi connectivity index (χ3v) is 6.77. The van der Waals surface area contributed by atoms with Crippen LogP contribution in [0.25, 0.3) is 0 Å². The van der Waals surface area contributed by atoms with Crippen molar-refractivity contribution in [2.24, 2.45) is 17.8 Å². The SMILES string of the molecule is CCC1CCCCN1C(=O)NC12CC3CC(CC(C3)C1)C2. The lowest BCUT2D eigenvalue weighted by atomic mass is 9.53. The number of likely N-dealkylation sites (tertiary alicyclic amines) is 1. The van der Waals surface area contributed by atoms with Crippen LogP contribution in [-0.2, 0) is 0 Å². The van der Waals surface area contributed by atoms with Crippen molar-refractivity contribution in [3.63, 3.8) is 0 Å². The van der Waals surface area contributed by atoms with Gasteiger partial charge in [0.15, 0.2) is 0 Å². The molecular formula is C18H30N2O. The van der Waals surface area contributed by atoms with E-state index in [1.165, 1.54) is 57.8 Å². The molecule has 118 valence electrons. The van der Waals surface area contributed by atoms with Crippen LogP contribution in [0.2, 0.25) is 0 Å². The molecule has 1 aliphatic heterocycles. The van der Waals surface area contributed by atoms with Gasteiger partial charge in [-0.05, 0) is 82.0 Å². The topological polar surface area (TPSA) is 32.3 Å². The maximum atomic E-state index is 12.9. The summed E-state index contributed by atoms with van der Waals surface area (Å²) >= 11 is 0. The van der Waals surface area contributed by atoms with E-state index in [9.17, 15) is 4.79 Å². The van der Waals surface area contributed by atoms with Gasteiger partial charge in [-0.15, -0.1) is 0 Å². The molecule has 4 bridgehead atoms. The Morgan fingerprint density at radius 1 is 1.10 bits per heavy atom. The molecule has 0 aromatic rings. The summed E-state index contributed by atoms with van der Waals surface area (Å²) in [6.07, 6.45) is 12.9. The van der Waals surface area contributed by atoms with Gasteiger partial charge in [0, 0.05) is 18.1 Å². The smallest absolute Gasteiger partial charge is 0.318 e. The van der Waals surface area contributed by atoms with E-state index >= 15 is 0 Å². The third-order valence-electron chi connectivity index (χ3n) is 6.77. The monoisotopic (exact) mass is 290 g/mol. The normalized spacial score (nSPS) is 44.9. The number of rotatable bonds is 2. The highest BCUT2D eigenvalue weighted by Gasteiger charge is 2.52. The van der Waals surface area contributed by atoms with Crippen LogP contribution in [0, 0.1) is 17.8 Å². The first-order valence-electron chi connectivity index (χ1n) is 9.26. The van der Waals surface area contributed by atoms with Crippen molar-refractivity contribution in [1.82, 2.24) is 10.2 Å². The molecule has 4 aliphatic carbocycles. The summed E-state index contributed by atoms with van der Waals surface area (Å²) < 4.78 is 0. The second-order valence-corrected chi connectivity index (χ2v) is 8.38. The minimum atomic E-state index is 0.168. The lowest BCUT2D eigenvalue weighted by molar-refractivity contribution is -0.0170. The van der Waals surface area contributed by atoms with Crippen LogP contribution in [0.3, 0.4) is 0 Å². The van der Waals surface area contributed by atoms with Crippen molar-refractivity contribution in [2.45, 2.75) is 82.7 Å². The van der Waals surface area contributed by atoms with Gasteiger partial charge >= 0.3 is 6.03 Å². The molecule has 0 radical (unpaired) electrons. The van der Waals surface area contributed by atoms with E-state index in [4.69, 9.17) is 0 Å². The highest BCUT2D eigenvalue weighted by Crippen LogP contribution is 2.55. The molecule has 2 amide bonds. The average molecular weight is 290 g/mol. The molecule has 1 N–H and O–H groups in total. The first-order valence-corrected chi connectivity index (χ1v) is 9.26. The number of piperidine rings is 1. The van der Waals surface area contributed by atoms with E-state index in [-0.39, 0.29) is 11.6 Å². The zero-order valence-corrected chi connectivity index (χ0v) is 13.4. The van der Waals surface area contributed by atoms with E-state index in [0.717, 1.165) is 30.7 Å². The molecule has 21 heavy (non-hydrogen) atoms. The number of hydrogen-bond acceptors (Lipinski definition) is 1. The number of nitrogens with zero attached hydrogens (tertiary/aromatic N) is 1. The van der Waals surface area contributed by atoms with E-state index in [2.05, 4.69) is 17.1 Å². The Labute approximate surface area is 128 Å². The summed E-state index contributed by atoms with van der Waals surface area (Å²) in [5.41, 5.74) is 0.168. The van der Waals surface area contributed by atoms with Crippen LogP contribution in [0.15, 0.2) is 0 Å². The lowest BCUT2D eigenvalue weighted by Crippen LogP contribution is -2.63. The third kappa shape index (κ3) is 2.47. The summed E-state index contributed by atoms with van der Waals surface area (Å²) in [5.74, 6) is 2.71. The summed E-state index contributed by atoms with van der Waals surface area (Å²) in [6.45, 7) is 3.19. The van der Waals surface area contributed by atoms with Gasteiger partial charge < -0.3 is 10.2 Å². The molecule has 5 fully saturated rings. The van der Waals surface area contributed by atoms with Crippen LogP contribution >= 0.6 is 0 Å². The molecule has 1 heterocycles. The number of urea groups is 1. The predicted molar refractivity (Wildman–Crippen MR) is 84.1 cm³/mol. The van der Waals surface area contributed by atoms with Crippen molar-refractivity contribution in [1.29, 1.82) is 0 Å². The standard InChI is InChI=1S/C18H30N2O/c1-2-16-5-3-4-6-20(16)17(21)19-18-10-13-7-14(11-18)9-15(8-13)12-18/h13-16H,2-12H2,1H3,(H,19,21). The van der Waals surface area contributed by atoms with E-state index < -0.39 is 0 Å². The Morgan fingerprint density at radius 2 is 1.71 bits per heavy atom. The maximum absolute atomic E-state index is 12.9. The van der Waals surface area contributed by atoms with Gasteiger partial charge in [0.25, 0.3) is 0 Å². The zero-order chi connectivity index (χ0) is 14.4. The lowest BCUT2D eigenvalue weighted by Gasteiger charge is -2.57. The average Bonchev–Trinajstić information content (AvgIpc) is 2.45. The van der Waals surface area contributed by atoms with Gasteiger partial charge in [0.2, 0.25) is 0 Å². The van der Waals surface area contributed by atoms with Gasteiger partial charge in [0.1, 0.15) is 0 Å². The second-order valence-electron chi connectivity index (χ2n) is 8.38. The Morgan fingerprint density at radius 3 is 2.29 bits per heavy atom. The van der Waals surface area contributed by atoms with E-state index in [0.29, 0.717) is 6.04 Å². The van der Waals surface area contributed by atoms with Gasteiger partial charge in [-0.3, -0.25) is 0 Å². The molecule has 1 unspecified atom stereocenters. The van der Waals surface area contributed by atoms with Crippen LogP contribution in [0.5, 0.6) is 0 Å². The van der Waals surface area contributed by atoms with Crippen molar-refractivity contribution < 1.29 is 4.79 Å². The van der Waals surface area contributed by atoms with E-state index in [1.807, 2.05) is 0 Å². The number of carbonyl (C=O) groups is 1. The number of hydrogen-bond donors (Lipinski definition) is 1. The van der Waals surface area contributed by atoms with Gasteiger partial charge in [-0.1, -0.05) is 6.92 Å². The Hall–Kier alpha value is -0.730. The van der Waals surface area contributed by atoms with Crippen molar-refractivity contribution in [2.75, 3.05) is 6.54 Å². The molecule has 5 rings (SSSR count). The molecule has 3 heteroatoms. The summed E-state index contributed by atoms with van der Waals surface area (Å²) in [7, 11) is 0. The zero-order valence-electron chi connectivity index (χ0n) is 13.4. The molecule has 4 saturated carbocycles. The number of amides is 2. The summed E-state index contributed by atoms with van der Waals surface area (Å²) in [4.78, 5) is 15.0. The second kappa shape index (κ2) is 5.17. The number of carbonyl (C=O) groups excluding carboxylic acids is 1. The highest BCUT2D eigenvalue weighted by atomic mass is 16.2. The Bertz CT molecular complexity index is 384. The van der Waals surface area contributed by atoms with Crippen LogP contribution < -0.4 is 5.32 Å². The molecule has 5 aliphatic rings. The molecule has 0 spiro atoms.